The number of Topliss-reactive ketones (excluding diaryl/α,β-unsaturated/α-hetero) is 1. The number of nitrogens with zero attached hydrogens (tertiary/aromatic N) is 2. The van der Waals surface area contributed by atoms with Crippen LogP contribution in [0.4, 0.5) is 0 Å². The smallest absolute Gasteiger partial charge is 0.193 e. The minimum atomic E-state index is -1.18. The van der Waals surface area contributed by atoms with E-state index in [0.717, 1.165) is 43.5 Å². The fourth-order valence-electron chi connectivity index (χ4n) is 10.7. The van der Waals surface area contributed by atoms with Crippen molar-refractivity contribution in [2.24, 2.45) is 40.4 Å². The molecule has 5 aliphatic carbocycles. The summed E-state index contributed by atoms with van der Waals surface area (Å²) in [6, 6.07) is 0. The van der Waals surface area contributed by atoms with Crippen molar-refractivity contribution in [1.29, 1.82) is 0 Å². The number of halogens is 1. The Kier molecular flexibility index (Phi) is 6.34. The van der Waals surface area contributed by atoms with Gasteiger partial charge in [-0.05, 0) is 105 Å². The van der Waals surface area contributed by atoms with E-state index in [0.29, 0.717) is 12.3 Å². The summed E-state index contributed by atoms with van der Waals surface area (Å²) in [5, 5.41) is 27.9. The fourth-order valence-corrected chi connectivity index (χ4v) is 11.2. The molecule has 7 rings (SSSR count). The van der Waals surface area contributed by atoms with Gasteiger partial charge in [0.15, 0.2) is 17.7 Å². The molecule has 0 aromatic carbocycles. The molecule has 2 N–H and O–H groups in total. The Hall–Kier alpha value is -1.06. The van der Waals surface area contributed by atoms with Crippen LogP contribution in [0.15, 0.2) is 11.8 Å². The molecule has 8 heteroatoms. The Bertz CT molecular complexity index is 1200. The van der Waals surface area contributed by atoms with E-state index in [1.165, 1.54) is 36.1 Å². The second kappa shape index (κ2) is 9.22. The number of ketones is 1. The molecule has 1 aromatic rings. The number of alkyl halides is 1. The third-order valence-corrected chi connectivity index (χ3v) is 13.1. The summed E-state index contributed by atoms with van der Waals surface area (Å²) in [6.45, 7) is 6.74. The van der Waals surface area contributed by atoms with Crippen molar-refractivity contribution in [3.05, 3.63) is 23.0 Å². The van der Waals surface area contributed by atoms with Crippen LogP contribution < -0.4 is 0 Å². The number of ether oxygens (including phenoxy) is 2. The van der Waals surface area contributed by atoms with Gasteiger partial charge in [0.1, 0.15) is 6.61 Å². The molecule has 5 fully saturated rings. The minimum Gasteiger partial charge on any atom is -0.393 e. The molecule has 3 unspecified atom stereocenters. The van der Waals surface area contributed by atoms with Crippen LogP contribution in [0.1, 0.15) is 77.0 Å². The van der Waals surface area contributed by atoms with Crippen molar-refractivity contribution in [2.45, 2.75) is 103 Å². The monoisotopic (exact) mass is 602 g/mol. The highest BCUT2D eigenvalue weighted by Gasteiger charge is 2.75. The van der Waals surface area contributed by atoms with Crippen LogP contribution in [0, 0.1) is 40.4 Å². The van der Waals surface area contributed by atoms with Gasteiger partial charge in [-0.1, -0.05) is 35.4 Å². The number of aliphatic hydroxyl groups is 2. The predicted molar refractivity (Wildman–Crippen MR) is 150 cm³/mol. The maximum atomic E-state index is 13.3. The van der Waals surface area contributed by atoms with Crippen LogP contribution in [0.2, 0.25) is 0 Å². The molecule has 39 heavy (non-hydrogen) atoms. The lowest BCUT2D eigenvalue weighted by atomic mass is 9.45. The summed E-state index contributed by atoms with van der Waals surface area (Å²) in [6.07, 6.45) is 11.1. The lowest BCUT2D eigenvalue weighted by Gasteiger charge is -2.60. The number of hydrogen-bond donors (Lipinski definition) is 2. The fraction of sp³-hybridized carbons (Fsp3) is 0.806. The first-order chi connectivity index (χ1) is 18.6. The quantitative estimate of drug-likeness (QED) is 0.481. The second-order valence-electron chi connectivity index (χ2n) is 14.1. The van der Waals surface area contributed by atoms with Crippen LogP contribution in [-0.4, -0.2) is 61.8 Å². The molecule has 0 bridgehead atoms. The van der Waals surface area contributed by atoms with Crippen molar-refractivity contribution in [3.63, 3.8) is 0 Å². The van der Waals surface area contributed by atoms with Crippen LogP contribution in [0.3, 0.4) is 0 Å². The molecular formula is C31H43BrN2O5. The van der Waals surface area contributed by atoms with Gasteiger partial charge in [0.05, 0.1) is 24.1 Å². The standard InChI is InChI=1S/C31H43BrN2O5/c1-17-38-27-10-23-22-7-6-21-9-24-20(14-33-34(24)15-19-5-4-18(8-19)13-32)11-29(21,2)28(22)25(36)12-30(23,3)31(27,39-17)26(37)16-35/h9,14,17-19,22-23,25,27-28,35-36H,4-8,10-13,15-16H2,1-3H3/t17?,18?,19?,22-,23-,25-,27+,28+,29-,30-,31+/m0/s1. The molecular weight excluding hydrogens is 560 g/mol. The van der Waals surface area contributed by atoms with Gasteiger partial charge in [0, 0.05) is 17.3 Å². The summed E-state index contributed by atoms with van der Waals surface area (Å²) >= 11 is 3.67. The highest BCUT2D eigenvalue weighted by Crippen LogP contribution is 2.70. The van der Waals surface area contributed by atoms with Crippen molar-refractivity contribution in [2.75, 3.05) is 11.9 Å². The third-order valence-electron chi connectivity index (χ3n) is 12.2. The van der Waals surface area contributed by atoms with Crippen molar-refractivity contribution in [1.82, 2.24) is 9.78 Å². The first-order valence-electron chi connectivity index (χ1n) is 15.1. The summed E-state index contributed by atoms with van der Waals surface area (Å²) in [7, 11) is 0. The molecule has 6 aliphatic rings. The minimum absolute atomic E-state index is 0.110. The van der Waals surface area contributed by atoms with Crippen LogP contribution in [0.25, 0.3) is 6.08 Å². The van der Waals surface area contributed by atoms with Crippen LogP contribution in [0.5, 0.6) is 0 Å². The van der Waals surface area contributed by atoms with Crippen LogP contribution in [-0.2, 0) is 27.2 Å². The maximum Gasteiger partial charge on any atom is 0.193 e. The summed E-state index contributed by atoms with van der Waals surface area (Å²) in [5.41, 5.74) is 2.14. The summed E-state index contributed by atoms with van der Waals surface area (Å²) in [4.78, 5) is 13.3. The largest absolute Gasteiger partial charge is 0.393 e. The topological polar surface area (TPSA) is 93.8 Å². The van der Waals surface area contributed by atoms with E-state index in [1.54, 1.807) is 0 Å². The number of aromatic nitrogens is 2. The van der Waals surface area contributed by atoms with Gasteiger partial charge in [-0.2, -0.15) is 5.10 Å². The Morgan fingerprint density at radius 1 is 1.23 bits per heavy atom. The molecule has 214 valence electrons. The van der Waals surface area contributed by atoms with E-state index in [1.807, 2.05) is 6.92 Å². The first kappa shape index (κ1) is 26.8. The lowest BCUT2D eigenvalue weighted by Crippen LogP contribution is -2.63. The van der Waals surface area contributed by atoms with E-state index < -0.39 is 30.0 Å². The third kappa shape index (κ3) is 3.60. The lowest BCUT2D eigenvalue weighted by molar-refractivity contribution is -0.199. The highest BCUT2D eigenvalue weighted by molar-refractivity contribution is 9.09. The number of aliphatic hydroxyl groups excluding tert-OH is 2. The number of carbonyl (C=O) groups is 1. The molecule has 7 nitrogen and oxygen atoms in total. The van der Waals surface area contributed by atoms with Crippen LogP contribution >= 0.6 is 15.9 Å². The number of hydrogen-bond acceptors (Lipinski definition) is 6. The predicted octanol–water partition coefficient (Wildman–Crippen LogP) is 4.52. The zero-order valence-electron chi connectivity index (χ0n) is 23.4. The molecule has 1 aliphatic heterocycles. The van der Waals surface area contributed by atoms with E-state index in [9.17, 15) is 15.0 Å². The van der Waals surface area contributed by atoms with Gasteiger partial charge >= 0.3 is 0 Å². The molecule has 2 heterocycles. The normalized spacial score (nSPS) is 48.1. The second-order valence-corrected chi connectivity index (χ2v) is 14.7. The number of carbonyl (C=O) groups excluding carboxylic acids is 1. The van der Waals surface area contributed by atoms with E-state index in [2.05, 4.69) is 46.7 Å². The van der Waals surface area contributed by atoms with E-state index in [-0.39, 0.29) is 35.1 Å². The highest BCUT2D eigenvalue weighted by atomic mass is 79.9. The molecule has 0 radical (unpaired) electrons. The number of fused-ring (bicyclic) bond motifs is 8. The number of rotatable bonds is 5. The van der Waals surface area contributed by atoms with Gasteiger partial charge in [-0.3, -0.25) is 9.48 Å². The van der Waals surface area contributed by atoms with Gasteiger partial charge in [0.25, 0.3) is 0 Å². The van der Waals surface area contributed by atoms with Gasteiger partial charge in [-0.15, -0.1) is 0 Å². The van der Waals surface area contributed by atoms with E-state index in [4.69, 9.17) is 14.6 Å². The average molecular weight is 604 g/mol. The van der Waals surface area contributed by atoms with Crippen molar-refractivity contribution in [3.8, 4) is 0 Å². The number of allylic oxidation sites excluding steroid dienone is 1. The molecule has 0 amide bonds. The Balaban J connectivity index is 1.19. The Labute approximate surface area is 239 Å². The van der Waals surface area contributed by atoms with Crippen molar-refractivity contribution >= 4 is 27.8 Å². The average Bonchev–Trinajstić information content (AvgIpc) is 3.65. The Morgan fingerprint density at radius 2 is 2.03 bits per heavy atom. The first-order valence-corrected chi connectivity index (χ1v) is 16.2. The zero-order valence-corrected chi connectivity index (χ0v) is 25.0. The molecule has 11 atom stereocenters. The Morgan fingerprint density at radius 3 is 2.77 bits per heavy atom. The maximum absolute atomic E-state index is 13.3. The van der Waals surface area contributed by atoms with Gasteiger partial charge < -0.3 is 19.7 Å². The summed E-state index contributed by atoms with van der Waals surface area (Å²) < 4.78 is 14.7. The molecule has 4 saturated carbocycles. The molecule has 0 spiro atoms. The SMILES string of the molecule is CC1O[C@@H]2C[C@H]3[C@@H]4CCC5=Cc6c(cnn6CC6CCC(CBr)C6)C[C@]5(C)[C@H]4[C@@H](O)C[C@]3(C)[C@]2(C(=O)CO)O1. The summed E-state index contributed by atoms with van der Waals surface area (Å²) in [5.74, 6) is 1.77. The van der Waals surface area contributed by atoms with Crippen molar-refractivity contribution < 1.29 is 24.5 Å². The molecule has 1 saturated heterocycles. The molecule has 1 aromatic heterocycles. The van der Waals surface area contributed by atoms with Gasteiger partial charge in [0.2, 0.25) is 0 Å². The van der Waals surface area contributed by atoms with E-state index >= 15 is 0 Å². The van der Waals surface area contributed by atoms with Gasteiger partial charge in [-0.25, -0.2) is 0 Å². The zero-order chi connectivity index (χ0) is 27.3.